The van der Waals surface area contributed by atoms with Gasteiger partial charge < -0.3 is 5.73 Å². The molecule has 0 saturated carbocycles. The lowest BCUT2D eigenvalue weighted by Gasteiger charge is -2.04. The van der Waals surface area contributed by atoms with Crippen molar-refractivity contribution in [1.29, 1.82) is 5.26 Å². The Morgan fingerprint density at radius 3 is 2.55 bits per heavy atom. The van der Waals surface area contributed by atoms with Gasteiger partial charge in [-0.05, 0) is 47.0 Å². The smallest absolute Gasteiger partial charge is 0.128 e. The molecule has 0 saturated heterocycles. The third kappa shape index (κ3) is 2.09. The summed E-state index contributed by atoms with van der Waals surface area (Å²) in [5.41, 5.74) is 8.66. The number of nitriles is 1. The van der Waals surface area contributed by atoms with E-state index in [4.69, 9.17) is 11.0 Å². The molecule has 0 spiro atoms. The minimum absolute atomic E-state index is 0.591. The molecule has 0 aliphatic heterocycles. The van der Waals surface area contributed by atoms with Crippen LogP contribution in [0.4, 0.5) is 5.69 Å². The molecule has 0 bridgehead atoms. The largest absolute Gasteiger partial charge is 0.397 e. The van der Waals surface area contributed by atoms with Crippen molar-refractivity contribution in [2.45, 2.75) is 6.92 Å². The Balaban J connectivity index is 2.20. The Labute approximate surface area is 129 Å². The van der Waals surface area contributed by atoms with Gasteiger partial charge in [0.15, 0.2) is 0 Å². The number of hydrogen-bond acceptors (Lipinski definition) is 3. The summed E-state index contributed by atoms with van der Waals surface area (Å²) < 4.78 is 1.07. The number of benzene rings is 2. The molecule has 0 fully saturated rings. The first-order valence-electron chi connectivity index (χ1n) is 6.09. The van der Waals surface area contributed by atoms with Crippen LogP contribution in [0, 0.1) is 18.3 Å². The maximum Gasteiger partial charge on any atom is 0.128 e. The molecule has 20 heavy (non-hydrogen) atoms. The number of nitrogens with two attached hydrogens (primary N) is 1. The second kappa shape index (κ2) is 4.93. The fraction of sp³-hybridized carbons (Fsp3) is 0.0625. The molecule has 0 aliphatic carbocycles. The van der Waals surface area contributed by atoms with Crippen LogP contribution in [0.2, 0.25) is 0 Å². The minimum Gasteiger partial charge on any atom is -0.397 e. The van der Waals surface area contributed by atoms with E-state index in [0.717, 1.165) is 20.5 Å². The Bertz CT molecular complexity index is 859. The second-order valence-electron chi connectivity index (χ2n) is 4.62. The SMILES string of the molecule is Cc1c(-c2ccc3cc(Br)ccc3c2)sc(C#N)c1N. The zero-order chi connectivity index (χ0) is 14.3. The first kappa shape index (κ1) is 13.2. The first-order chi connectivity index (χ1) is 9.60. The van der Waals surface area contributed by atoms with Gasteiger partial charge in [0.25, 0.3) is 0 Å². The molecule has 3 aromatic rings. The zero-order valence-corrected chi connectivity index (χ0v) is 13.2. The number of halogens is 1. The van der Waals surface area contributed by atoms with Crippen LogP contribution in [0.15, 0.2) is 40.9 Å². The molecule has 2 N–H and O–H groups in total. The van der Waals surface area contributed by atoms with Gasteiger partial charge in [-0.1, -0.05) is 34.1 Å². The van der Waals surface area contributed by atoms with Crippen molar-refractivity contribution < 1.29 is 0 Å². The normalized spacial score (nSPS) is 10.7. The molecule has 1 heterocycles. The van der Waals surface area contributed by atoms with E-state index < -0.39 is 0 Å². The monoisotopic (exact) mass is 342 g/mol. The maximum atomic E-state index is 9.08. The fourth-order valence-electron chi connectivity index (χ4n) is 2.24. The van der Waals surface area contributed by atoms with E-state index in [1.807, 2.05) is 13.0 Å². The van der Waals surface area contributed by atoms with Crippen LogP contribution in [0.25, 0.3) is 21.2 Å². The Morgan fingerprint density at radius 2 is 1.85 bits per heavy atom. The molecule has 0 unspecified atom stereocenters. The Hall–Kier alpha value is -1.83. The van der Waals surface area contributed by atoms with Crippen LogP contribution in [-0.4, -0.2) is 0 Å². The topological polar surface area (TPSA) is 49.8 Å². The van der Waals surface area contributed by atoms with Crippen molar-refractivity contribution >= 4 is 43.7 Å². The highest BCUT2D eigenvalue weighted by atomic mass is 79.9. The van der Waals surface area contributed by atoms with Crippen molar-refractivity contribution in [1.82, 2.24) is 0 Å². The van der Waals surface area contributed by atoms with Gasteiger partial charge in [0.1, 0.15) is 10.9 Å². The molecule has 2 aromatic carbocycles. The standard InChI is InChI=1S/C16H11BrN2S/c1-9-15(19)14(8-18)20-16(9)12-3-2-11-7-13(17)5-4-10(11)6-12/h2-7H,19H2,1H3. The van der Waals surface area contributed by atoms with E-state index in [2.05, 4.69) is 52.3 Å². The molecule has 0 amide bonds. The molecule has 4 heteroatoms. The van der Waals surface area contributed by atoms with Gasteiger partial charge in [0.2, 0.25) is 0 Å². The van der Waals surface area contributed by atoms with Gasteiger partial charge >= 0.3 is 0 Å². The first-order valence-corrected chi connectivity index (χ1v) is 7.70. The van der Waals surface area contributed by atoms with Gasteiger partial charge in [-0.3, -0.25) is 0 Å². The molecule has 1 aromatic heterocycles. The Kier molecular flexibility index (Phi) is 3.25. The number of fused-ring (bicyclic) bond motifs is 1. The number of rotatable bonds is 1. The van der Waals surface area contributed by atoms with Crippen LogP contribution in [0.1, 0.15) is 10.4 Å². The summed E-state index contributed by atoms with van der Waals surface area (Å²) in [6.07, 6.45) is 0. The molecule has 0 atom stereocenters. The quantitative estimate of drug-likeness (QED) is 0.669. The summed E-state index contributed by atoms with van der Waals surface area (Å²) in [4.78, 5) is 1.66. The van der Waals surface area contributed by atoms with Crippen LogP contribution >= 0.6 is 27.3 Å². The Morgan fingerprint density at radius 1 is 1.15 bits per heavy atom. The van der Waals surface area contributed by atoms with Gasteiger partial charge in [-0.2, -0.15) is 5.26 Å². The van der Waals surface area contributed by atoms with E-state index in [0.29, 0.717) is 10.6 Å². The number of thiophene rings is 1. The average Bonchev–Trinajstić information content (AvgIpc) is 2.74. The third-order valence-corrected chi connectivity index (χ3v) is 5.11. The lowest BCUT2D eigenvalue weighted by Crippen LogP contribution is -1.87. The van der Waals surface area contributed by atoms with E-state index in [1.54, 1.807) is 0 Å². The predicted octanol–water partition coefficient (Wildman–Crippen LogP) is 5.09. The van der Waals surface area contributed by atoms with Gasteiger partial charge in [-0.25, -0.2) is 0 Å². The van der Waals surface area contributed by atoms with Crippen LogP contribution < -0.4 is 5.73 Å². The highest BCUT2D eigenvalue weighted by Gasteiger charge is 2.13. The molecule has 2 nitrogen and oxygen atoms in total. The molecular formula is C16H11BrN2S. The van der Waals surface area contributed by atoms with Gasteiger partial charge in [-0.15, -0.1) is 11.3 Å². The summed E-state index contributed by atoms with van der Waals surface area (Å²) in [7, 11) is 0. The number of nitrogens with zero attached hydrogens (tertiary/aromatic N) is 1. The number of hydrogen-bond donors (Lipinski definition) is 1. The lowest BCUT2D eigenvalue weighted by atomic mass is 10.0. The van der Waals surface area contributed by atoms with Crippen molar-refractivity contribution in [3.05, 3.63) is 51.3 Å². The molecule has 98 valence electrons. The molecule has 0 aliphatic rings. The summed E-state index contributed by atoms with van der Waals surface area (Å²) in [5, 5.41) is 11.4. The van der Waals surface area contributed by atoms with Gasteiger partial charge in [0, 0.05) is 9.35 Å². The molecule has 0 radical (unpaired) electrons. The number of anilines is 1. The van der Waals surface area contributed by atoms with Crippen molar-refractivity contribution in [3.63, 3.8) is 0 Å². The minimum atomic E-state index is 0.591. The summed E-state index contributed by atoms with van der Waals surface area (Å²) in [5.74, 6) is 0. The van der Waals surface area contributed by atoms with E-state index in [9.17, 15) is 0 Å². The van der Waals surface area contributed by atoms with Crippen LogP contribution in [-0.2, 0) is 0 Å². The maximum absolute atomic E-state index is 9.08. The zero-order valence-electron chi connectivity index (χ0n) is 10.8. The summed E-state index contributed by atoms with van der Waals surface area (Å²) in [6, 6.07) is 14.7. The van der Waals surface area contributed by atoms with Crippen molar-refractivity contribution in [3.8, 4) is 16.5 Å². The third-order valence-electron chi connectivity index (χ3n) is 3.36. The van der Waals surface area contributed by atoms with E-state index in [-0.39, 0.29) is 0 Å². The second-order valence-corrected chi connectivity index (χ2v) is 6.55. The predicted molar refractivity (Wildman–Crippen MR) is 88.8 cm³/mol. The van der Waals surface area contributed by atoms with Crippen molar-refractivity contribution in [2.75, 3.05) is 5.73 Å². The van der Waals surface area contributed by atoms with Gasteiger partial charge in [0.05, 0.1) is 5.69 Å². The van der Waals surface area contributed by atoms with E-state index in [1.165, 1.54) is 22.1 Å². The fourth-order valence-corrected chi connectivity index (χ4v) is 3.64. The molecule has 3 rings (SSSR count). The van der Waals surface area contributed by atoms with Crippen LogP contribution in [0.5, 0.6) is 0 Å². The molecular weight excluding hydrogens is 332 g/mol. The average molecular weight is 343 g/mol. The summed E-state index contributed by atoms with van der Waals surface area (Å²) >= 11 is 4.93. The van der Waals surface area contributed by atoms with Crippen LogP contribution in [0.3, 0.4) is 0 Å². The van der Waals surface area contributed by atoms with E-state index >= 15 is 0 Å². The summed E-state index contributed by atoms with van der Waals surface area (Å²) in [6.45, 7) is 1.97. The number of nitrogen functional groups attached to an aromatic ring is 1. The van der Waals surface area contributed by atoms with Crippen molar-refractivity contribution in [2.24, 2.45) is 0 Å². The lowest BCUT2D eigenvalue weighted by molar-refractivity contribution is 1.50. The highest BCUT2D eigenvalue weighted by Crippen LogP contribution is 2.38. The highest BCUT2D eigenvalue weighted by molar-refractivity contribution is 9.10.